The predicted molar refractivity (Wildman–Crippen MR) is 126 cm³/mol. The van der Waals surface area contributed by atoms with Crippen LogP contribution in [0.5, 0.6) is 0 Å². The zero-order valence-electron chi connectivity index (χ0n) is 19.9. The number of rotatable bonds is 8. The molecule has 0 bridgehead atoms. The largest absolute Gasteiger partial charge is 0.376 e. The van der Waals surface area contributed by atoms with E-state index < -0.39 is 0 Å². The monoisotopic (exact) mass is 446 g/mol. The summed E-state index contributed by atoms with van der Waals surface area (Å²) in [5, 5.41) is 12.4. The number of likely N-dealkylation sites (tertiary alicyclic amines) is 1. The van der Waals surface area contributed by atoms with Crippen molar-refractivity contribution in [2.24, 2.45) is 4.99 Å². The van der Waals surface area contributed by atoms with Gasteiger partial charge in [-0.05, 0) is 58.3 Å². The standard InChI is InChI=1S/C24H42N6O2/c1-2-25-24(26-14-8-11-23-28-27-22-10-4-3-6-15-30(22)23)29-16-12-20(13-17-29)32-19-21-9-5-7-18-31-21/h20-21H,2-19H2,1H3,(H,25,26). The average molecular weight is 447 g/mol. The van der Waals surface area contributed by atoms with Gasteiger partial charge >= 0.3 is 0 Å². The number of piperidine rings is 1. The summed E-state index contributed by atoms with van der Waals surface area (Å²) in [7, 11) is 0. The number of guanidine groups is 1. The van der Waals surface area contributed by atoms with Crippen LogP contribution >= 0.6 is 0 Å². The molecule has 0 aromatic carbocycles. The Morgan fingerprint density at radius 1 is 1.09 bits per heavy atom. The number of nitrogens with zero attached hydrogens (tertiary/aromatic N) is 5. The third-order valence-corrected chi connectivity index (χ3v) is 6.87. The van der Waals surface area contributed by atoms with Gasteiger partial charge in [0.25, 0.3) is 0 Å². The highest BCUT2D eigenvalue weighted by Gasteiger charge is 2.24. The smallest absolute Gasteiger partial charge is 0.193 e. The lowest BCUT2D eigenvalue weighted by Gasteiger charge is -2.35. The Balaban J connectivity index is 1.20. The second-order valence-corrected chi connectivity index (χ2v) is 9.34. The third kappa shape index (κ3) is 6.67. The van der Waals surface area contributed by atoms with Gasteiger partial charge in [-0.3, -0.25) is 4.99 Å². The Bertz CT molecular complexity index is 707. The number of hydrogen-bond acceptors (Lipinski definition) is 5. The fourth-order valence-electron chi connectivity index (χ4n) is 4.99. The number of fused-ring (bicyclic) bond motifs is 1. The van der Waals surface area contributed by atoms with Gasteiger partial charge in [-0.15, -0.1) is 10.2 Å². The van der Waals surface area contributed by atoms with Gasteiger partial charge in [0.2, 0.25) is 0 Å². The molecule has 0 spiro atoms. The van der Waals surface area contributed by atoms with Crippen molar-refractivity contribution in [1.29, 1.82) is 0 Å². The molecule has 1 N–H and O–H groups in total. The molecule has 1 unspecified atom stereocenters. The van der Waals surface area contributed by atoms with Crippen molar-refractivity contribution in [2.45, 2.75) is 96.3 Å². The first-order valence-corrected chi connectivity index (χ1v) is 13.0. The molecule has 32 heavy (non-hydrogen) atoms. The lowest BCUT2D eigenvalue weighted by molar-refractivity contribution is -0.0721. The highest BCUT2D eigenvalue weighted by atomic mass is 16.5. The molecule has 0 radical (unpaired) electrons. The van der Waals surface area contributed by atoms with Crippen molar-refractivity contribution < 1.29 is 9.47 Å². The zero-order valence-corrected chi connectivity index (χ0v) is 19.9. The number of aryl methyl sites for hydroxylation is 2. The van der Waals surface area contributed by atoms with E-state index in [4.69, 9.17) is 14.5 Å². The summed E-state index contributed by atoms with van der Waals surface area (Å²) in [5.41, 5.74) is 0. The Kier molecular flexibility index (Phi) is 9.20. The minimum Gasteiger partial charge on any atom is -0.376 e. The number of aromatic nitrogens is 3. The molecular weight excluding hydrogens is 404 g/mol. The Labute approximate surface area is 193 Å². The first kappa shape index (κ1) is 23.5. The molecule has 0 aliphatic carbocycles. The maximum Gasteiger partial charge on any atom is 0.193 e. The maximum atomic E-state index is 6.18. The molecule has 1 atom stereocenters. The van der Waals surface area contributed by atoms with Crippen LogP contribution in [0.4, 0.5) is 0 Å². The van der Waals surface area contributed by atoms with E-state index in [1.807, 2.05) is 0 Å². The van der Waals surface area contributed by atoms with Crippen molar-refractivity contribution >= 4 is 5.96 Å². The molecule has 0 amide bonds. The second-order valence-electron chi connectivity index (χ2n) is 9.34. The van der Waals surface area contributed by atoms with Gasteiger partial charge in [0.15, 0.2) is 5.96 Å². The maximum absolute atomic E-state index is 6.18. The van der Waals surface area contributed by atoms with Gasteiger partial charge in [-0.2, -0.15) is 0 Å². The zero-order chi connectivity index (χ0) is 22.0. The molecule has 2 fully saturated rings. The Morgan fingerprint density at radius 3 is 2.81 bits per heavy atom. The van der Waals surface area contributed by atoms with Gasteiger partial charge in [0, 0.05) is 52.2 Å². The fourth-order valence-corrected chi connectivity index (χ4v) is 4.99. The summed E-state index contributed by atoms with van der Waals surface area (Å²) in [4.78, 5) is 7.32. The molecule has 180 valence electrons. The lowest BCUT2D eigenvalue weighted by Crippen LogP contribution is -2.47. The first-order chi connectivity index (χ1) is 15.8. The number of hydrogen-bond donors (Lipinski definition) is 1. The summed E-state index contributed by atoms with van der Waals surface area (Å²) in [5.74, 6) is 3.36. The number of nitrogens with one attached hydrogen (secondary N) is 1. The lowest BCUT2D eigenvalue weighted by atomic mass is 10.1. The van der Waals surface area contributed by atoms with Gasteiger partial charge in [-0.25, -0.2) is 0 Å². The van der Waals surface area contributed by atoms with E-state index in [0.717, 1.165) is 96.2 Å². The molecule has 3 aliphatic rings. The van der Waals surface area contributed by atoms with Crippen LogP contribution in [0.1, 0.15) is 76.4 Å². The van der Waals surface area contributed by atoms with Gasteiger partial charge < -0.3 is 24.3 Å². The van der Waals surface area contributed by atoms with E-state index in [1.54, 1.807) is 0 Å². The molecule has 4 rings (SSSR count). The van der Waals surface area contributed by atoms with E-state index in [0.29, 0.717) is 12.2 Å². The quantitative estimate of drug-likeness (QED) is 0.376. The minimum atomic E-state index is 0.306. The Hall–Kier alpha value is -1.67. The average Bonchev–Trinajstić information content (AvgIpc) is 3.06. The molecule has 3 aliphatic heterocycles. The highest BCUT2D eigenvalue weighted by molar-refractivity contribution is 5.80. The van der Waals surface area contributed by atoms with Crippen LogP contribution in [0.3, 0.4) is 0 Å². The van der Waals surface area contributed by atoms with Crippen LogP contribution in [0.15, 0.2) is 4.99 Å². The topological polar surface area (TPSA) is 76.8 Å². The summed E-state index contributed by atoms with van der Waals surface area (Å²) in [6.45, 7) is 8.58. The molecule has 8 nitrogen and oxygen atoms in total. The van der Waals surface area contributed by atoms with Gasteiger partial charge in [-0.1, -0.05) is 6.42 Å². The third-order valence-electron chi connectivity index (χ3n) is 6.87. The first-order valence-electron chi connectivity index (χ1n) is 13.0. The van der Waals surface area contributed by atoms with Gasteiger partial charge in [0.1, 0.15) is 11.6 Å². The van der Waals surface area contributed by atoms with Crippen LogP contribution in [-0.2, 0) is 28.9 Å². The van der Waals surface area contributed by atoms with E-state index in [9.17, 15) is 0 Å². The van der Waals surface area contributed by atoms with Crippen LogP contribution in [0.25, 0.3) is 0 Å². The summed E-state index contributed by atoms with van der Waals surface area (Å²) in [6.07, 6.45) is 13.2. The molecule has 4 heterocycles. The molecule has 0 saturated carbocycles. The SMILES string of the molecule is CCNC(=NCCCc1nnc2n1CCCCC2)N1CCC(OCC2CCCCO2)CC1. The summed E-state index contributed by atoms with van der Waals surface area (Å²) >= 11 is 0. The minimum absolute atomic E-state index is 0.306. The van der Waals surface area contributed by atoms with Crippen LogP contribution in [0, 0.1) is 0 Å². The van der Waals surface area contributed by atoms with Crippen molar-refractivity contribution in [3.8, 4) is 0 Å². The van der Waals surface area contributed by atoms with E-state index in [2.05, 4.69) is 31.9 Å². The van der Waals surface area contributed by atoms with Crippen molar-refractivity contribution in [3.05, 3.63) is 11.6 Å². The molecular formula is C24H42N6O2. The molecule has 1 aromatic rings. The molecule has 8 heteroatoms. The second kappa shape index (κ2) is 12.5. The van der Waals surface area contributed by atoms with Crippen LogP contribution < -0.4 is 5.32 Å². The van der Waals surface area contributed by atoms with Gasteiger partial charge in [0.05, 0.1) is 18.8 Å². The summed E-state index contributed by atoms with van der Waals surface area (Å²) < 4.78 is 14.3. The van der Waals surface area contributed by atoms with Crippen molar-refractivity contribution in [3.63, 3.8) is 0 Å². The normalized spacial score (nSPS) is 23.1. The molecule has 2 saturated heterocycles. The van der Waals surface area contributed by atoms with Crippen LogP contribution in [0.2, 0.25) is 0 Å². The Morgan fingerprint density at radius 2 is 2.00 bits per heavy atom. The van der Waals surface area contributed by atoms with Crippen molar-refractivity contribution in [2.75, 3.05) is 39.4 Å². The van der Waals surface area contributed by atoms with E-state index >= 15 is 0 Å². The van der Waals surface area contributed by atoms with E-state index in [1.165, 1.54) is 37.9 Å². The number of ether oxygens (including phenoxy) is 2. The fraction of sp³-hybridized carbons (Fsp3) is 0.875. The van der Waals surface area contributed by atoms with Crippen molar-refractivity contribution in [1.82, 2.24) is 25.0 Å². The predicted octanol–water partition coefficient (Wildman–Crippen LogP) is 2.95. The molecule has 1 aromatic heterocycles. The van der Waals surface area contributed by atoms with E-state index in [-0.39, 0.29) is 0 Å². The van der Waals surface area contributed by atoms with Crippen LogP contribution in [-0.4, -0.2) is 77.2 Å². The highest BCUT2D eigenvalue weighted by Crippen LogP contribution is 2.18. The number of aliphatic imine (C=N–C) groups is 1. The summed E-state index contributed by atoms with van der Waals surface area (Å²) in [6, 6.07) is 0.